The van der Waals surface area contributed by atoms with E-state index in [4.69, 9.17) is 5.73 Å². The van der Waals surface area contributed by atoms with Crippen molar-refractivity contribution < 1.29 is 9.59 Å². The SMILES string of the molecule is CN1C(=O)CC(C)(c2cccc(NC(=O)c3cnc(-n4ccnn4)cn3)c2)N=C1N. The fourth-order valence-corrected chi connectivity index (χ4v) is 3.09. The molecule has 0 aliphatic carbocycles. The number of hydrogen-bond donors (Lipinski definition) is 2. The maximum Gasteiger partial charge on any atom is 0.275 e. The van der Waals surface area contributed by atoms with E-state index in [9.17, 15) is 9.59 Å². The summed E-state index contributed by atoms with van der Waals surface area (Å²) in [6.45, 7) is 1.83. The quantitative estimate of drug-likeness (QED) is 0.650. The van der Waals surface area contributed by atoms with Crippen molar-refractivity contribution in [1.29, 1.82) is 0 Å². The number of guanidine groups is 1. The number of carbonyl (C=O) groups excluding carboxylic acids is 2. The lowest BCUT2D eigenvalue weighted by Gasteiger charge is -2.33. The van der Waals surface area contributed by atoms with Crippen molar-refractivity contribution in [2.24, 2.45) is 10.7 Å². The summed E-state index contributed by atoms with van der Waals surface area (Å²) in [4.78, 5) is 38.9. The average Bonchev–Trinajstić information content (AvgIpc) is 3.27. The largest absolute Gasteiger partial charge is 0.369 e. The lowest BCUT2D eigenvalue weighted by atomic mass is 9.87. The molecule has 4 rings (SSSR count). The molecule has 1 atom stereocenters. The van der Waals surface area contributed by atoms with E-state index in [1.165, 1.54) is 28.2 Å². The predicted octanol–water partition coefficient (Wildman–Crippen LogP) is 0.702. The molecule has 1 unspecified atom stereocenters. The van der Waals surface area contributed by atoms with E-state index in [1.807, 2.05) is 13.0 Å². The number of benzene rings is 1. The normalized spacial score (nSPS) is 18.8. The van der Waals surface area contributed by atoms with Gasteiger partial charge in [-0.25, -0.2) is 19.6 Å². The Labute approximate surface area is 171 Å². The molecule has 1 aliphatic rings. The molecular formula is C19H19N9O2. The van der Waals surface area contributed by atoms with Gasteiger partial charge < -0.3 is 11.1 Å². The van der Waals surface area contributed by atoms with Crippen LogP contribution in [-0.4, -0.2) is 54.7 Å². The second kappa shape index (κ2) is 7.35. The summed E-state index contributed by atoms with van der Waals surface area (Å²) >= 11 is 0. The summed E-state index contributed by atoms with van der Waals surface area (Å²) in [5.74, 6) is 0.0619. The highest BCUT2D eigenvalue weighted by molar-refractivity contribution is 6.03. The first-order valence-electron chi connectivity index (χ1n) is 9.08. The molecule has 1 aromatic carbocycles. The second-order valence-electron chi connectivity index (χ2n) is 7.02. The van der Waals surface area contributed by atoms with E-state index >= 15 is 0 Å². The Morgan fingerprint density at radius 2 is 2.10 bits per heavy atom. The van der Waals surface area contributed by atoms with Crippen LogP contribution in [0, 0.1) is 0 Å². The molecule has 0 bridgehead atoms. The maximum atomic E-state index is 12.6. The van der Waals surface area contributed by atoms with Gasteiger partial charge in [0.15, 0.2) is 11.8 Å². The lowest BCUT2D eigenvalue weighted by Crippen LogP contribution is -2.47. The van der Waals surface area contributed by atoms with Crippen molar-refractivity contribution in [3.8, 4) is 5.82 Å². The number of hydrogen-bond acceptors (Lipinski definition) is 8. The first kappa shape index (κ1) is 19.2. The van der Waals surface area contributed by atoms with Gasteiger partial charge in [0.25, 0.3) is 5.91 Å². The first-order valence-corrected chi connectivity index (χ1v) is 9.08. The van der Waals surface area contributed by atoms with Crippen molar-refractivity contribution in [3.05, 3.63) is 60.3 Å². The van der Waals surface area contributed by atoms with Crippen LogP contribution in [0.25, 0.3) is 5.82 Å². The van der Waals surface area contributed by atoms with E-state index in [2.05, 4.69) is 30.6 Å². The first-order chi connectivity index (χ1) is 14.4. The molecule has 1 aliphatic heterocycles. The maximum absolute atomic E-state index is 12.6. The van der Waals surface area contributed by atoms with Crippen LogP contribution in [0.3, 0.4) is 0 Å². The zero-order chi connectivity index (χ0) is 21.3. The number of nitrogens with two attached hydrogens (primary N) is 1. The van der Waals surface area contributed by atoms with E-state index < -0.39 is 11.4 Å². The van der Waals surface area contributed by atoms with Crippen LogP contribution in [0.5, 0.6) is 0 Å². The summed E-state index contributed by atoms with van der Waals surface area (Å²) in [6.07, 6.45) is 6.11. The van der Waals surface area contributed by atoms with E-state index in [-0.39, 0.29) is 24.0 Å². The highest BCUT2D eigenvalue weighted by Crippen LogP contribution is 2.34. The molecule has 2 aromatic heterocycles. The van der Waals surface area contributed by atoms with Crippen LogP contribution in [0.4, 0.5) is 5.69 Å². The lowest BCUT2D eigenvalue weighted by molar-refractivity contribution is -0.128. The summed E-state index contributed by atoms with van der Waals surface area (Å²) < 4.78 is 1.44. The Morgan fingerprint density at radius 3 is 2.77 bits per heavy atom. The Bertz CT molecular complexity index is 1130. The Hall–Kier alpha value is -4.15. The monoisotopic (exact) mass is 405 g/mol. The number of anilines is 1. The summed E-state index contributed by atoms with van der Waals surface area (Å²) in [7, 11) is 1.59. The fraction of sp³-hybridized carbons (Fsp3) is 0.211. The van der Waals surface area contributed by atoms with Crippen LogP contribution in [0.2, 0.25) is 0 Å². The molecule has 3 N–H and O–H groups in total. The molecule has 3 aromatic rings. The summed E-state index contributed by atoms with van der Waals surface area (Å²) in [5.41, 5.74) is 6.52. The number of aromatic nitrogens is 5. The average molecular weight is 405 g/mol. The van der Waals surface area contributed by atoms with Gasteiger partial charge in [-0.05, 0) is 24.6 Å². The Kier molecular flexibility index (Phi) is 4.70. The number of amides is 2. The van der Waals surface area contributed by atoms with Gasteiger partial charge in [0.1, 0.15) is 5.69 Å². The molecule has 152 valence electrons. The summed E-state index contributed by atoms with van der Waals surface area (Å²) in [5, 5.41) is 10.3. The molecule has 11 nitrogen and oxygen atoms in total. The van der Waals surface area contributed by atoms with Crippen LogP contribution in [0.1, 0.15) is 29.4 Å². The molecule has 30 heavy (non-hydrogen) atoms. The molecule has 0 fully saturated rings. The molecular weight excluding hydrogens is 386 g/mol. The number of nitrogens with zero attached hydrogens (tertiary/aromatic N) is 7. The molecule has 2 amide bonds. The molecule has 0 saturated heterocycles. The number of carbonyl (C=O) groups is 2. The summed E-state index contributed by atoms with van der Waals surface area (Å²) in [6, 6.07) is 7.14. The topological polar surface area (TPSA) is 144 Å². The molecule has 11 heteroatoms. The zero-order valence-corrected chi connectivity index (χ0v) is 16.4. The molecule has 0 saturated carbocycles. The van der Waals surface area contributed by atoms with Gasteiger partial charge in [0.2, 0.25) is 5.91 Å². The van der Waals surface area contributed by atoms with Crippen LogP contribution >= 0.6 is 0 Å². The number of rotatable bonds is 4. The standard InChI is InChI=1S/C19H19N9O2/c1-19(9-16(29)27(2)18(20)25-19)12-4-3-5-13(8-12)24-17(30)14-10-22-15(11-21-14)28-7-6-23-26-28/h3-8,10-11H,9H2,1-2H3,(H2,20,25)(H,24,30). The minimum absolute atomic E-state index is 0.123. The molecule has 0 radical (unpaired) electrons. The van der Waals surface area contributed by atoms with Crippen LogP contribution in [-0.2, 0) is 10.3 Å². The van der Waals surface area contributed by atoms with Gasteiger partial charge >= 0.3 is 0 Å². The minimum atomic E-state index is -0.812. The van der Waals surface area contributed by atoms with E-state index in [1.54, 1.807) is 31.4 Å². The van der Waals surface area contributed by atoms with Gasteiger partial charge in [-0.2, -0.15) is 0 Å². The van der Waals surface area contributed by atoms with Gasteiger partial charge in [-0.15, -0.1) is 5.10 Å². The van der Waals surface area contributed by atoms with Gasteiger partial charge in [0.05, 0.1) is 36.7 Å². The third-order valence-electron chi connectivity index (χ3n) is 4.84. The van der Waals surface area contributed by atoms with Crippen molar-refractivity contribution in [3.63, 3.8) is 0 Å². The molecule has 3 heterocycles. The number of aliphatic imine (C=N–C) groups is 1. The highest BCUT2D eigenvalue weighted by Gasteiger charge is 2.36. The van der Waals surface area contributed by atoms with Crippen molar-refractivity contribution in [1.82, 2.24) is 29.9 Å². The van der Waals surface area contributed by atoms with Crippen LogP contribution in [0.15, 0.2) is 54.0 Å². The van der Waals surface area contributed by atoms with Crippen molar-refractivity contribution in [2.75, 3.05) is 12.4 Å². The Balaban J connectivity index is 1.53. The second-order valence-corrected chi connectivity index (χ2v) is 7.02. The third-order valence-corrected chi connectivity index (χ3v) is 4.84. The smallest absolute Gasteiger partial charge is 0.275 e. The van der Waals surface area contributed by atoms with Gasteiger partial charge in [-0.3, -0.25) is 14.5 Å². The molecule has 0 spiro atoms. The van der Waals surface area contributed by atoms with Crippen molar-refractivity contribution in [2.45, 2.75) is 18.9 Å². The van der Waals surface area contributed by atoms with Crippen molar-refractivity contribution >= 4 is 23.5 Å². The van der Waals surface area contributed by atoms with Gasteiger partial charge in [-0.1, -0.05) is 17.3 Å². The Morgan fingerprint density at radius 1 is 1.27 bits per heavy atom. The fourth-order valence-electron chi connectivity index (χ4n) is 3.09. The highest BCUT2D eigenvalue weighted by atomic mass is 16.2. The third kappa shape index (κ3) is 3.60. The van der Waals surface area contributed by atoms with Gasteiger partial charge in [0, 0.05) is 12.7 Å². The van der Waals surface area contributed by atoms with E-state index in [0.29, 0.717) is 11.5 Å². The van der Waals surface area contributed by atoms with E-state index in [0.717, 1.165) is 5.56 Å². The van der Waals surface area contributed by atoms with Crippen LogP contribution < -0.4 is 11.1 Å². The zero-order valence-electron chi connectivity index (χ0n) is 16.4. The minimum Gasteiger partial charge on any atom is -0.369 e. The number of nitrogens with one attached hydrogen (secondary N) is 1. The predicted molar refractivity (Wildman–Crippen MR) is 108 cm³/mol.